The highest BCUT2D eigenvalue weighted by atomic mass is 32.1. The second kappa shape index (κ2) is 49.3. The molecule has 0 unspecified atom stereocenters. The number of hydrogen-bond acceptors (Lipinski definition) is 14. The van der Waals surface area contributed by atoms with E-state index in [4.69, 9.17) is 27.5 Å². The molecule has 13 aromatic heterocycles. The molecule has 0 spiro atoms. The fourth-order valence-electron chi connectivity index (χ4n) is 15.8. The van der Waals surface area contributed by atoms with Crippen molar-refractivity contribution in [2.45, 2.75) is 350 Å². The Hall–Kier alpha value is -11.5. The average Bonchev–Trinajstić information content (AvgIpc) is 1.61. The Labute approximate surface area is 888 Å². The maximum atomic E-state index is 14.3. The van der Waals surface area contributed by atoms with Gasteiger partial charge in [-0.1, -0.05) is 277 Å². The summed E-state index contributed by atoms with van der Waals surface area (Å²) >= 11 is 3.22. The number of furan rings is 4. The number of rotatable bonds is 9. The molecule has 0 saturated carbocycles. The van der Waals surface area contributed by atoms with Gasteiger partial charge in [-0.3, -0.25) is 29.0 Å². The number of ether oxygens (including phenoxy) is 1. The summed E-state index contributed by atoms with van der Waals surface area (Å²) in [4.78, 5) is 11.7. The van der Waals surface area contributed by atoms with Crippen LogP contribution in [-0.2, 0) is 88.3 Å². The van der Waals surface area contributed by atoms with E-state index in [-0.39, 0.29) is 66.8 Å². The van der Waals surface area contributed by atoms with E-state index in [0.717, 1.165) is 58.1 Å². The van der Waals surface area contributed by atoms with Gasteiger partial charge in [-0.15, -0.1) is 22.7 Å². The summed E-state index contributed by atoms with van der Waals surface area (Å²) in [5, 5.41) is 30.6. The average molecular weight is 2100 g/mol. The van der Waals surface area contributed by atoms with Crippen molar-refractivity contribution in [3.63, 3.8) is 0 Å². The maximum absolute atomic E-state index is 14.3. The second-order valence-corrected chi connectivity index (χ2v) is 50.9. The monoisotopic (exact) mass is 2100 g/mol. The summed E-state index contributed by atoms with van der Waals surface area (Å²) in [6, 6.07) is 44.3. The lowest BCUT2D eigenvalue weighted by atomic mass is 9.83. The van der Waals surface area contributed by atoms with Crippen LogP contribution in [0, 0.1) is 28.6 Å². The molecule has 4 aromatic carbocycles. The molecule has 0 aliphatic heterocycles. The van der Waals surface area contributed by atoms with Crippen molar-refractivity contribution in [3.8, 4) is 5.75 Å². The number of fused-ring (bicyclic) bond motifs is 6. The molecule has 26 heteroatoms. The van der Waals surface area contributed by atoms with Gasteiger partial charge in [-0.2, -0.15) is 15.3 Å². The van der Waals surface area contributed by atoms with Crippen molar-refractivity contribution in [2.24, 2.45) is 28.7 Å². The van der Waals surface area contributed by atoms with Crippen molar-refractivity contribution >= 4 is 86.7 Å². The summed E-state index contributed by atoms with van der Waals surface area (Å²) in [6.07, 6.45) is 21.3. The number of thiophene rings is 2. The molecule has 17 aromatic rings. The Morgan fingerprint density at radius 1 is 0.356 bits per heavy atom. The van der Waals surface area contributed by atoms with Crippen molar-refractivity contribution in [1.82, 2.24) is 48.9 Å². The minimum Gasteiger partial charge on any atom is -0.497 e. The van der Waals surface area contributed by atoms with Crippen molar-refractivity contribution in [3.05, 3.63) is 304 Å². The Bertz CT molecular complexity index is 6780. The van der Waals surface area contributed by atoms with Crippen LogP contribution in [0.5, 0.6) is 5.75 Å². The number of hydrogen-bond donors (Lipinski definition) is 1. The van der Waals surface area contributed by atoms with Crippen molar-refractivity contribution in [2.75, 3.05) is 7.11 Å². The topological polar surface area (TPSA) is 179 Å². The molecule has 16 nitrogen and oxygen atoms in total. The minimum absolute atomic E-state index is 0.0278. The van der Waals surface area contributed by atoms with Crippen LogP contribution >= 0.6 is 22.7 Å². The van der Waals surface area contributed by atoms with E-state index >= 15 is 0 Å². The largest absolute Gasteiger partial charge is 0.497 e. The fourth-order valence-corrected chi connectivity index (χ4v) is 18.0. The number of benzene rings is 4. The number of alkyl halides is 8. The molecule has 0 bridgehead atoms. The quantitative estimate of drug-likeness (QED) is 0.135. The SMILES string of the molecule is CC(C)(C)C(F)(F)c1ccc(CO)nc1.CC(C)(C)C(F)(F)c1coc2ccncc12.CC(C)(C)C(F)(F)c1csc2ccccc12.CC(C)(C)c1coc2ccncc12.CC(C)(C)c1csc2ccccc12.CC(C)n1nccc1C(C)(C)C.CCn1nccc1C(C)(C)C.CCn1nccc1C(C)(C)C.COc1ccc2c(C(C)(C)C)coc2c1.Cc1ccc2c(C(F)(F)C(C)(C)C)coc2c1.Cn1cccc1C(C)(C)C. The highest BCUT2D eigenvalue weighted by Crippen LogP contribution is 2.52. The van der Waals surface area contributed by atoms with Gasteiger partial charge in [0.25, 0.3) is 23.7 Å². The molecule has 812 valence electrons. The minimum atomic E-state index is -2.94. The molecule has 17 rings (SSSR count). The highest BCUT2D eigenvalue weighted by molar-refractivity contribution is 7.17. The molecule has 0 saturated heterocycles. The van der Waals surface area contributed by atoms with Gasteiger partial charge in [-0.25, -0.2) is 35.1 Å². The lowest BCUT2D eigenvalue weighted by molar-refractivity contribution is -0.104. The predicted molar refractivity (Wildman–Crippen MR) is 604 cm³/mol. The first-order valence-corrected chi connectivity index (χ1v) is 52.6. The van der Waals surface area contributed by atoms with Gasteiger partial charge in [-0.05, 0) is 158 Å². The summed E-state index contributed by atoms with van der Waals surface area (Å²) in [7, 11) is 3.75. The molecule has 1 N–H and O–H groups in total. The zero-order valence-electron chi connectivity index (χ0n) is 95.9. The van der Waals surface area contributed by atoms with E-state index in [2.05, 4.69) is 292 Å². The van der Waals surface area contributed by atoms with E-state index in [1.165, 1.54) is 159 Å². The molecule has 0 amide bonds. The molecule has 0 atom stereocenters. The van der Waals surface area contributed by atoms with E-state index in [9.17, 15) is 35.1 Å². The zero-order valence-corrected chi connectivity index (χ0v) is 97.6. The third kappa shape index (κ3) is 32.3. The summed E-state index contributed by atoms with van der Waals surface area (Å²) < 4.78 is 150. The normalized spacial score (nSPS) is 12.6. The number of aliphatic hydroxyl groups is 1. The molecular weight excluding hydrogens is 1930 g/mol. The van der Waals surface area contributed by atoms with E-state index < -0.39 is 45.4 Å². The lowest BCUT2D eigenvalue weighted by Crippen LogP contribution is -2.31. The fraction of sp³-hybridized carbons (Fsp3) is 0.480. The van der Waals surface area contributed by atoms with Crippen LogP contribution < -0.4 is 4.74 Å². The molecule has 0 aliphatic rings. The Morgan fingerprint density at radius 2 is 0.732 bits per heavy atom. The number of methoxy groups -OCH3 is 1. The molecule has 0 fully saturated rings. The van der Waals surface area contributed by atoms with Gasteiger partial charge in [0, 0.05) is 218 Å². The summed E-state index contributed by atoms with van der Waals surface area (Å²) in [5.41, 5.74) is 10.2. The number of halogens is 8. The number of aliphatic hydroxyl groups excluding tert-OH is 1. The van der Waals surface area contributed by atoms with Crippen LogP contribution in [0.3, 0.4) is 0 Å². The van der Waals surface area contributed by atoms with Crippen LogP contribution in [0.25, 0.3) is 64.0 Å². The number of pyridine rings is 3. The first kappa shape index (κ1) is 124. The molecule has 13 heterocycles. The maximum Gasteiger partial charge on any atom is 0.281 e. The second-order valence-electron chi connectivity index (χ2n) is 49.1. The van der Waals surface area contributed by atoms with Crippen molar-refractivity contribution in [1.29, 1.82) is 0 Å². The Morgan fingerprint density at radius 3 is 1.11 bits per heavy atom. The van der Waals surface area contributed by atoms with Crippen LogP contribution in [-0.4, -0.2) is 61.1 Å². The van der Waals surface area contributed by atoms with E-state index in [1.807, 2.05) is 101 Å². The molecule has 0 aliphatic carbocycles. The van der Waals surface area contributed by atoms with Crippen molar-refractivity contribution < 1.29 is 62.6 Å². The van der Waals surface area contributed by atoms with Gasteiger partial charge < -0.3 is 32.1 Å². The van der Waals surface area contributed by atoms with Gasteiger partial charge in [0.05, 0.1) is 43.1 Å². The third-order valence-electron chi connectivity index (χ3n) is 25.0. The van der Waals surface area contributed by atoms with Gasteiger partial charge in [0.15, 0.2) is 0 Å². The third-order valence-corrected chi connectivity index (χ3v) is 26.9. The zero-order chi connectivity index (χ0) is 113. The van der Waals surface area contributed by atoms with Gasteiger partial charge in [0.1, 0.15) is 40.6 Å². The number of aryl methyl sites for hydroxylation is 4. The Balaban J connectivity index is 0.000000222. The Kier molecular flexibility index (Phi) is 41.2. The summed E-state index contributed by atoms with van der Waals surface area (Å²) in [6.45, 7) is 76.7. The van der Waals surface area contributed by atoms with Crippen LogP contribution in [0.4, 0.5) is 35.1 Å². The lowest BCUT2D eigenvalue weighted by Gasteiger charge is -2.30. The van der Waals surface area contributed by atoms with Gasteiger partial charge in [0.2, 0.25) is 0 Å². The van der Waals surface area contributed by atoms with Crippen LogP contribution in [0.2, 0.25) is 0 Å². The smallest absolute Gasteiger partial charge is 0.281 e. The molecular formula is C123H166F8N10O6S2. The predicted octanol–water partition coefficient (Wildman–Crippen LogP) is 37.1. The summed E-state index contributed by atoms with van der Waals surface area (Å²) in [5.74, 6) is -10.7. The first-order chi connectivity index (χ1) is 68.4. The van der Waals surface area contributed by atoms with Crippen LogP contribution in [0.15, 0.2) is 249 Å². The van der Waals surface area contributed by atoms with E-state index in [1.54, 1.807) is 69.8 Å². The molecule has 0 radical (unpaired) electrons. The highest BCUT2D eigenvalue weighted by Gasteiger charge is 2.50. The standard InChI is InChI=1S/C14H16F2O.C13H14F2S.C13H16O2.C12H13F2NO.C12H14S.C11H15F2NO.C11H13NO.C10H18N2.2C9H16N2.C9H15N/c1-9-5-6-10-11(8-17-12(10)7-9)14(15,16)13(2,3)4;1-12(2,3)13(14,15)10-8-16-11-7-5-4-6-9(10)11;1-13(2,3)11-8-15-12-7-9(14-4)5-6-10(11)12;1-11(2,3)12(13,14)9-7-16-10-4-5-15-6-8(9)10;1-12(2,3)10-8-13-11-7-5-4-6-9(10)11;1-10(2,3)11(12,13)8-4-5-9(7-15)14-6-8;1-11(2,3)9-7-13-10-4-5-12-6-8(9)10;1-8(2)12-9(6-7-11-12)10(3,4)5;2*1-5-11-8(6-7-10-11)9(2,3)4;1-9(2,3)8-6-5-7-10(8)4/h5-8H,1-4H3;4-8H,1-3H3;5-8H,1-4H3;4-7H,1-3H3;4-8H,1-3H3;4-6,15H,7H2,1-3H3;4-7H,1-3H3;6-8H,1-5H3;2*6-7H,5H2,1-4H3;5-7H,1-4H3. The molecule has 149 heavy (non-hydrogen) atoms. The van der Waals surface area contributed by atoms with Crippen LogP contribution in [0.1, 0.15) is 335 Å². The number of aromatic nitrogens is 10. The first-order valence-electron chi connectivity index (χ1n) is 50.8. The van der Waals surface area contributed by atoms with Gasteiger partial charge >= 0.3 is 0 Å². The number of nitrogens with zero attached hydrogens (tertiary/aromatic N) is 10. The van der Waals surface area contributed by atoms with E-state index in [0.29, 0.717) is 39.1 Å².